The van der Waals surface area contributed by atoms with Crippen LogP contribution < -0.4 is 16.0 Å². The summed E-state index contributed by atoms with van der Waals surface area (Å²) in [6, 6.07) is 0. The van der Waals surface area contributed by atoms with Crippen LogP contribution in [0.2, 0.25) is 0 Å². The molecule has 1 saturated heterocycles. The molecular weight excluding hydrogens is 288 g/mol. The lowest BCUT2D eigenvalue weighted by molar-refractivity contribution is 0.0957. The fourth-order valence-corrected chi connectivity index (χ4v) is 3.35. The van der Waals surface area contributed by atoms with Gasteiger partial charge in [-0.05, 0) is 25.7 Å². The molecule has 0 radical (unpaired) electrons. The van der Waals surface area contributed by atoms with Gasteiger partial charge in [0.2, 0.25) is 0 Å². The quantitative estimate of drug-likeness (QED) is 0.694. The fraction of sp³-hybridized carbons (Fsp3) is 0.714. The van der Waals surface area contributed by atoms with Gasteiger partial charge in [0, 0.05) is 26.2 Å². The predicted molar refractivity (Wildman–Crippen MR) is 85.9 cm³/mol. The van der Waals surface area contributed by atoms with Gasteiger partial charge in [-0.3, -0.25) is 4.79 Å². The zero-order valence-electron chi connectivity index (χ0n) is 12.3. The summed E-state index contributed by atoms with van der Waals surface area (Å²) in [5.41, 5.74) is 5.89. The lowest BCUT2D eigenvalue weighted by atomic mass is 10.2. The van der Waals surface area contributed by atoms with Crippen molar-refractivity contribution in [2.24, 2.45) is 0 Å². The van der Waals surface area contributed by atoms with Crippen molar-refractivity contribution in [1.82, 2.24) is 10.3 Å². The first-order chi connectivity index (χ1) is 10.2. The molecule has 1 aliphatic heterocycles. The molecule has 0 bridgehead atoms. The van der Waals surface area contributed by atoms with Crippen LogP contribution in [0.1, 0.15) is 48.2 Å². The monoisotopic (exact) mass is 312 g/mol. The van der Waals surface area contributed by atoms with Crippen molar-refractivity contribution in [3.8, 4) is 0 Å². The molecular formula is C14H24N4O2S. The van der Waals surface area contributed by atoms with Crippen molar-refractivity contribution in [1.29, 1.82) is 0 Å². The second-order valence-corrected chi connectivity index (χ2v) is 6.28. The summed E-state index contributed by atoms with van der Waals surface area (Å²) < 4.78 is 0. The van der Waals surface area contributed by atoms with Gasteiger partial charge in [0.05, 0.1) is 0 Å². The van der Waals surface area contributed by atoms with Crippen molar-refractivity contribution >= 4 is 28.2 Å². The van der Waals surface area contributed by atoms with E-state index in [1.807, 2.05) is 0 Å². The molecule has 1 aliphatic rings. The molecule has 1 aromatic rings. The van der Waals surface area contributed by atoms with Gasteiger partial charge in [-0.25, -0.2) is 4.98 Å². The fourth-order valence-electron chi connectivity index (χ4n) is 2.40. The van der Waals surface area contributed by atoms with Crippen LogP contribution in [0.3, 0.4) is 0 Å². The first-order valence-corrected chi connectivity index (χ1v) is 8.44. The van der Waals surface area contributed by atoms with Gasteiger partial charge in [-0.15, -0.1) is 0 Å². The molecule has 2 heterocycles. The Kier molecular flexibility index (Phi) is 6.25. The molecule has 21 heavy (non-hydrogen) atoms. The maximum Gasteiger partial charge on any atom is 0.265 e. The van der Waals surface area contributed by atoms with Gasteiger partial charge in [0.25, 0.3) is 5.91 Å². The second kappa shape index (κ2) is 8.19. The van der Waals surface area contributed by atoms with Crippen molar-refractivity contribution < 1.29 is 9.90 Å². The number of hydrogen-bond acceptors (Lipinski definition) is 6. The van der Waals surface area contributed by atoms with Crippen LogP contribution in [-0.2, 0) is 0 Å². The van der Waals surface area contributed by atoms with Gasteiger partial charge < -0.3 is 21.1 Å². The molecule has 2 rings (SSSR count). The topological polar surface area (TPSA) is 91.5 Å². The number of nitrogen functional groups attached to an aromatic ring is 1. The van der Waals surface area contributed by atoms with Gasteiger partial charge >= 0.3 is 0 Å². The van der Waals surface area contributed by atoms with Gasteiger partial charge in [0.15, 0.2) is 5.13 Å². The molecule has 0 atom stereocenters. The molecule has 0 spiro atoms. The minimum Gasteiger partial charge on any atom is -0.396 e. The highest BCUT2D eigenvalue weighted by atomic mass is 32.1. The second-order valence-electron chi connectivity index (χ2n) is 5.30. The largest absolute Gasteiger partial charge is 0.396 e. The Morgan fingerprint density at radius 1 is 1.29 bits per heavy atom. The number of rotatable bonds is 6. The Labute approximate surface area is 129 Å². The van der Waals surface area contributed by atoms with Crippen molar-refractivity contribution in [2.75, 3.05) is 36.9 Å². The predicted octanol–water partition coefficient (Wildman–Crippen LogP) is 1.61. The summed E-state index contributed by atoms with van der Waals surface area (Å²) >= 11 is 1.38. The molecule has 7 heteroatoms. The average molecular weight is 312 g/mol. The summed E-state index contributed by atoms with van der Waals surface area (Å²) in [4.78, 5) is 19.2. The van der Waals surface area contributed by atoms with E-state index in [0.29, 0.717) is 23.7 Å². The number of carbonyl (C=O) groups excluding carboxylic acids is 1. The Balaban J connectivity index is 1.95. The van der Waals surface area contributed by atoms with E-state index in [1.54, 1.807) is 0 Å². The molecule has 1 aromatic heterocycles. The number of nitrogens with zero attached hydrogens (tertiary/aromatic N) is 2. The van der Waals surface area contributed by atoms with Crippen LogP contribution in [0.25, 0.3) is 0 Å². The van der Waals surface area contributed by atoms with Crippen LogP contribution >= 0.6 is 11.3 Å². The van der Waals surface area contributed by atoms with E-state index in [-0.39, 0.29) is 12.5 Å². The molecule has 4 N–H and O–H groups in total. The lowest BCUT2D eigenvalue weighted by Gasteiger charge is -2.18. The zero-order valence-corrected chi connectivity index (χ0v) is 13.1. The molecule has 0 aromatic carbocycles. The maximum atomic E-state index is 12.1. The average Bonchev–Trinajstić information content (AvgIpc) is 2.70. The van der Waals surface area contributed by atoms with Gasteiger partial charge in [-0.1, -0.05) is 24.2 Å². The summed E-state index contributed by atoms with van der Waals surface area (Å²) in [5.74, 6) is 0.155. The zero-order chi connectivity index (χ0) is 15.1. The van der Waals surface area contributed by atoms with E-state index < -0.39 is 0 Å². The van der Waals surface area contributed by atoms with E-state index in [9.17, 15) is 4.79 Å². The van der Waals surface area contributed by atoms with Crippen LogP contribution in [0, 0.1) is 0 Å². The van der Waals surface area contributed by atoms with Crippen LogP contribution in [-0.4, -0.2) is 42.2 Å². The first kappa shape index (κ1) is 16.0. The van der Waals surface area contributed by atoms with E-state index in [1.165, 1.54) is 37.0 Å². The number of nitrogens with one attached hydrogen (secondary N) is 1. The summed E-state index contributed by atoms with van der Waals surface area (Å²) in [7, 11) is 0. The lowest BCUT2D eigenvalue weighted by Crippen LogP contribution is -2.24. The Morgan fingerprint density at radius 2 is 2.00 bits per heavy atom. The molecule has 118 valence electrons. The number of aliphatic hydroxyl groups is 1. The Morgan fingerprint density at radius 3 is 2.67 bits per heavy atom. The number of thiazole rings is 1. The highest BCUT2D eigenvalue weighted by Crippen LogP contribution is 2.29. The summed E-state index contributed by atoms with van der Waals surface area (Å²) in [6.45, 7) is 2.68. The van der Waals surface area contributed by atoms with E-state index in [2.05, 4.69) is 15.2 Å². The van der Waals surface area contributed by atoms with Gasteiger partial charge in [0.1, 0.15) is 10.7 Å². The summed E-state index contributed by atoms with van der Waals surface area (Å²) in [5, 5.41) is 12.4. The number of carbonyl (C=O) groups is 1. The summed E-state index contributed by atoms with van der Waals surface area (Å²) in [6.07, 6.45) is 6.31. The van der Waals surface area contributed by atoms with E-state index >= 15 is 0 Å². The van der Waals surface area contributed by atoms with Crippen LogP contribution in [0.15, 0.2) is 0 Å². The number of nitrogens with two attached hydrogens (primary N) is 1. The third-order valence-corrected chi connectivity index (χ3v) is 4.73. The number of anilines is 2. The molecule has 1 amide bonds. The molecule has 1 fully saturated rings. The van der Waals surface area contributed by atoms with Gasteiger partial charge in [-0.2, -0.15) is 0 Å². The Bertz CT molecular complexity index is 456. The number of hydrogen-bond donors (Lipinski definition) is 3. The van der Waals surface area contributed by atoms with Crippen LogP contribution in [0.5, 0.6) is 0 Å². The first-order valence-electron chi connectivity index (χ1n) is 7.62. The van der Waals surface area contributed by atoms with Crippen molar-refractivity contribution in [2.45, 2.75) is 38.5 Å². The molecule has 0 unspecified atom stereocenters. The van der Waals surface area contributed by atoms with Crippen molar-refractivity contribution in [3.05, 3.63) is 4.88 Å². The number of aliphatic hydroxyl groups excluding tert-OH is 1. The van der Waals surface area contributed by atoms with E-state index in [4.69, 9.17) is 10.8 Å². The minimum absolute atomic E-state index is 0.150. The Hall–Kier alpha value is -1.34. The third-order valence-electron chi connectivity index (χ3n) is 3.60. The maximum absolute atomic E-state index is 12.1. The molecule has 0 saturated carbocycles. The van der Waals surface area contributed by atoms with E-state index in [0.717, 1.165) is 24.6 Å². The normalized spacial score (nSPS) is 15.8. The number of aromatic nitrogens is 1. The smallest absolute Gasteiger partial charge is 0.265 e. The minimum atomic E-state index is -0.163. The molecule has 0 aliphatic carbocycles. The standard InChI is InChI=1S/C14H24N4O2S/c15-12-11(13(20)16-7-3-6-10-19)21-14(17-12)18-8-4-1-2-5-9-18/h19H,1-10,15H2,(H,16,20). The highest BCUT2D eigenvalue weighted by Gasteiger charge is 2.20. The highest BCUT2D eigenvalue weighted by molar-refractivity contribution is 7.18. The SMILES string of the molecule is Nc1nc(N2CCCCCC2)sc1C(=O)NCCCCO. The number of amides is 1. The number of unbranched alkanes of at least 4 members (excludes halogenated alkanes) is 1. The van der Waals surface area contributed by atoms with Crippen LogP contribution in [0.4, 0.5) is 10.9 Å². The van der Waals surface area contributed by atoms with Crippen molar-refractivity contribution in [3.63, 3.8) is 0 Å². The molecule has 6 nitrogen and oxygen atoms in total. The third kappa shape index (κ3) is 4.57.